The quantitative estimate of drug-likeness (QED) is 0.383. The Morgan fingerprint density at radius 3 is 2.62 bits per heavy atom. The second-order valence-electron chi connectivity index (χ2n) is 5.34. The zero-order valence-electron chi connectivity index (χ0n) is 13.4. The van der Waals surface area contributed by atoms with E-state index < -0.39 is 10.8 Å². The fraction of sp³-hybridized carbons (Fsp3) is 0. The fourth-order valence-corrected chi connectivity index (χ4v) is 2.38. The van der Waals surface area contributed by atoms with Crippen molar-refractivity contribution in [2.75, 3.05) is 5.32 Å². The molecule has 0 radical (unpaired) electrons. The number of hydrogen-bond acceptors (Lipinski definition) is 4. The van der Waals surface area contributed by atoms with E-state index in [1.807, 2.05) is 12.1 Å². The Kier molecular flexibility index (Phi) is 5.15. The number of anilines is 1. The molecule has 3 aromatic rings. The van der Waals surface area contributed by atoms with Crippen LogP contribution in [0.15, 0.2) is 71.2 Å². The van der Waals surface area contributed by atoms with Crippen LogP contribution in [0.1, 0.15) is 5.76 Å². The summed E-state index contributed by atoms with van der Waals surface area (Å²) >= 11 is 5.86. The van der Waals surface area contributed by atoms with Crippen molar-refractivity contribution in [1.29, 1.82) is 0 Å². The van der Waals surface area contributed by atoms with Gasteiger partial charge in [-0.05, 0) is 48.5 Å². The molecule has 0 saturated carbocycles. The van der Waals surface area contributed by atoms with Gasteiger partial charge in [0, 0.05) is 34.5 Å². The molecule has 1 heterocycles. The summed E-state index contributed by atoms with van der Waals surface area (Å²) in [6.07, 6.45) is 2.81. The van der Waals surface area contributed by atoms with Gasteiger partial charge in [-0.1, -0.05) is 17.7 Å². The monoisotopic (exact) mass is 368 g/mol. The minimum Gasteiger partial charge on any atom is -0.457 e. The number of benzene rings is 2. The maximum Gasteiger partial charge on any atom is 0.271 e. The highest BCUT2D eigenvalue weighted by atomic mass is 35.5. The second-order valence-corrected chi connectivity index (χ2v) is 5.78. The molecule has 2 aromatic carbocycles. The van der Waals surface area contributed by atoms with Crippen LogP contribution in [-0.2, 0) is 4.79 Å². The minimum atomic E-state index is -0.521. The van der Waals surface area contributed by atoms with Crippen molar-refractivity contribution >= 4 is 35.0 Å². The number of carbonyl (C=O) groups excluding carboxylic acids is 1. The van der Waals surface area contributed by atoms with Crippen LogP contribution in [0.3, 0.4) is 0 Å². The topological polar surface area (TPSA) is 85.4 Å². The molecule has 6 nitrogen and oxygen atoms in total. The summed E-state index contributed by atoms with van der Waals surface area (Å²) in [5.74, 6) is 0.736. The summed E-state index contributed by atoms with van der Waals surface area (Å²) in [5, 5.41) is 13.9. The molecular formula is C19H13ClN2O4. The normalized spacial score (nSPS) is 10.8. The van der Waals surface area contributed by atoms with Crippen LogP contribution in [0.4, 0.5) is 11.4 Å². The fourth-order valence-electron chi connectivity index (χ4n) is 2.25. The Morgan fingerprint density at radius 2 is 1.88 bits per heavy atom. The van der Waals surface area contributed by atoms with Gasteiger partial charge in [-0.3, -0.25) is 14.9 Å². The number of nitro benzene ring substituents is 1. The first-order valence-electron chi connectivity index (χ1n) is 7.60. The van der Waals surface area contributed by atoms with Crippen LogP contribution in [0.25, 0.3) is 17.4 Å². The molecule has 26 heavy (non-hydrogen) atoms. The summed E-state index contributed by atoms with van der Waals surface area (Å²) in [7, 11) is 0. The van der Waals surface area contributed by atoms with Crippen LogP contribution >= 0.6 is 11.6 Å². The Balaban J connectivity index is 1.66. The lowest BCUT2D eigenvalue weighted by atomic mass is 10.2. The second kappa shape index (κ2) is 7.67. The lowest BCUT2D eigenvalue weighted by molar-refractivity contribution is -0.384. The SMILES string of the molecule is O=C(/C=C/c1ccc(-c2ccc(Cl)cc2)o1)Nc1cccc([N+](=O)[O-])c1. The summed E-state index contributed by atoms with van der Waals surface area (Å²) < 4.78 is 5.66. The maximum atomic E-state index is 12.0. The first-order valence-corrected chi connectivity index (χ1v) is 7.98. The van der Waals surface area contributed by atoms with Crippen LogP contribution in [0.2, 0.25) is 5.02 Å². The van der Waals surface area contributed by atoms with Crippen molar-refractivity contribution in [3.63, 3.8) is 0 Å². The van der Waals surface area contributed by atoms with E-state index in [0.29, 0.717) is 22.2 Å². The molecular weight excluding hydrogens is 356 g/mol. The van der Waals surface area contributed by atoms with Crippen molar-refractivity contribution in [3.8, 4) is 11.3 Å². The summed E-state index contributed by atoms with van der Waals surface area (Å²) in [5.41, 5.74) is 1.12. The van der Waals surface area contributed by atoms with E-state index in [1.54, 1.807) is 30.3 Å². The van der Waals surface area contributed by atoms with E-state index in [1.165, 1.54) is 30.4 Å². The van der Waals surface area contributed by atoms with E-state index in [0.717, 1.165) is 5.56 Å². The number of rotatable bonds is 5. The van der Waals surface area contributed by atoms with Crippen LogP contribution in [-0.4, -0.2) is 10.8 Å². The highest BCUT2D eigenvalue weighted by Crippen LogP contribution is 2.24. The third kappa shape index (κ3) is 4.37. The van der Waals surface area contributed by atoms with Gasteiger partial charge >= 0.3 is 0 Å². The van der Waals surface area contributed by atoms with Crippen LogP contribution < -0.4 is 5.32 Å². The molecule has 130 valence electrons. The Labute approximate surface area is 153 Å². The van der Waals surface area contributed by atoms with E-state index in [4.69, 9.17) is 16.0 Å². The van der Waals surface area contributed by atoms with Crippen molar-refractivity contribution in [2.45, 2.75) is 0 Å². The molecule has 0 unspecified atom stereocenters. The number of nitrogens with one attached hydrogen (secondary N) is 1. The summed E-state index contributed by atoms with van der Waals surface area (Å²) in [6.45, 7) is 0. The largest absolute Gasteiger partial charge is 0.457 e. The molecule has 0 bridgehead atoms. The van der Waals surface area contributed by atoms with Crippen molar-refractivity contribution in [2.24, 2.45) is 0 Å². The zero-order valence-corrected chi connectivity index (χ0v) is 14.1. The molecule has 0 fully saturated rings. The lowest BCUT2D eigenvalue weighted by Crippen LogP contribution is -2.07. The van der Waals surface area contributed by atoms with E-state index in [2.05, 4.69) is 5.32 Å². The minimum absolute atomic E-state index is 0.0922. The van der Waals surface area contributed by atoms with Crippen molar-refractivity contribution in [3.05, 3.63) is 87.6 Å². The first-order chi connectivity index (χ1) is 12.5. The van der Waals surface area contributed by atoms with E-state index in [9.17, 15) is 14.9 Å². The molecule has 1 aromatic heterocycles. The van der Waals surface area contributed by atoms with Crippen molar-refractivity contribution < 1.29 is 14.1 Å². The molecule has 0 saturated heterocycles. The van der Waals surface area contributed by atoms with E-state index in [-0.39, 0.29) is 5.69 Å². The Bertz CT molecular complexity index is 977. The van der Waals surface area contributed by atoms with Crippen LogP contribution in [0, 0.1) is 10.1 Å². The highest BCUT2D eigenvalue weighted by Gasteiger charge is 2.07. The highest BCUT2D eigenvalue weighted by molar-refractivity contribution is 6.30. The van der Waals surface area contributed by atoms with Gasteiger partial charge in [0.25, 0.3) is 5.69 Å². The lowest BCUT2D eigenvalue weighted by Gasteiger charge is -2.01. The molecule has 7 heteroatoms. The number of carbonyl (C=O) groups is 1. The number of hydrogen-bond donors (Lipinski definition) is 1. The number of amides is 1. The predicted octanol–water partition coefficient (Wildman–Crippen LogP) is 5.16. The molecule has 0 aliphatic heterocycles. The average Bonchev–Trinajstić information content (AvgIpc) is 3.10. The first kappa shape index (κ1) is 17.4. The van der Waals surface area contributed by atoms with Crippen LogP contribution in [0.5, 0.6) is 0 Å². The Morgan fingerprint density at radius 1 is 1.12 bits per heavy atom. The molecule has 0 aliphatic rings. The number of furan rings is 1. The van der Waals surface area contributed by atoms with Gasteiger partial charge in [-0.15, -0.1) is 0 Å². The number of non-ortho nitro benzene ring substituents is 1. The standard InChI is InChI=1S/C19H13ClN2O4/c20-14-6-4-13(5-7-14)18-10-8-17(26-18)9-11-19(23)21-15-2-1-3-16(12-15)22(24)25/h1-12H,(H,21,23)/b11-9+. The molecule has 0 atom stereocenters. The van der Waals surface area contributed by atoms with Gasteiger partial charge in [-0.25, -0.2) is 0 Å². The molecule has 1 amide bonds. The number of nitro groups is 1. The summed E-state index contributed by atoms with van der Waals surface area (Å²) in [6, 6.07) is 16.5. The van der Waals surface area contributed by atoms with Gasteiger partial charge < -0.3 is 9.73 Å². The molecule has 3 rings (SSSR count). The summed E-state index contributed by atoms with van der Waals surface area (Å²) in [4.78, 5) is 22.2. The molecule has 0 aliphatic carbocycles. The number of nitrogens with zero attached hydrogens (tertiary/aromatic N) is 1. The van der Waals surface area contributed by atoms with Gasteiger partial charge in [0.1, 0.15) is 11.5 Å². The van der Waals surface area contributed by atoms with Gasteiger partial charge in [-0.2, -0.15) is 0 Å². The predicted molar refractivity (Wildman–Crippen MR) is 99.9 cm³/mol. The zero-order chi connectivity index (χ0) is 18.5. The van der Waals surface area contributed by atoms with E-state index >= 15 is 0 Å². The Hall–Kier alpha value is -3.38. The van der Waals surface area contributed by atoms with Gasteiger partial charge in [0.2, 0.25) is 5.91 Å². The van der Waals surface area contributed by atoms with Gasteiger partial charge in [0.05, 0.1) is 4.92 Å². The third-order valence-electron chi connectivity index (χ3n) is 3.48. The third-order valence-corrected chi connectivity index (χ3v) is 3.73. The number of halogens is 1. The van der Waals surface area contributed by atoms with Gasteiger partial charge in [0.15, 0.2) is 0 Å². The average molecular weight is 369 g/mol. The molecule has 0 spiro atoms. The smallest absolute Gasteiger partial charge is 0.271 e. The molecule has 1 N–H and O–H groups in total. The van der Waals surface area contributed by atoms with Crippen molar-refractivity contribution in [1.82, 2.24) is 0 Å². The maximum absolute atomic E-state index is 12.0.